The monoisotopic (exact) mass is 336 g/mol. The third kappa shape index (κ3) is 4.51. The lowest BCUT2D eigenvalue weighted by molar-refractivity contribution is -0.114. The van der Waals surface area contributed by atoms with E-state index in [0.29, 0.717) is 0 Å². The van der Waals surface area contributed by atoms with Crippen molar-refractivity contribution in [1.29, 1.82) is 5.41 Å². The maximum absolute atomic E-state index is 11.5. The number of thiazole rings is 1. The molecule has 0 aliphatic heterocycles. The Labute approximate surface area is 144 Å². The predicted molar refractivity (Wildman–Crippen MR) is 98.9 cm³/mol. The van der Waals surface area contributed by atoms with Gasteiger partial charge in [-0.1, -0.05) is 24.1 Å². The lowest BCUT2D eigenvalue weighted by Crippen LogP contribution is -2.34. The van der Waals surface area contributed by atoms with E-state index in [1.165, 1.54) is 6.08 Å². The number of allylic oxidation sites excluding steroid dienone is 2. The van der Waals surface area contributed by atoms with E-state index in [0.717, 1.165) is 20.8 Å². The first-order chi connectivity index (χ1) is 11.7. The second-order valence-corrected chi connectivity index (χ2v) is 5.68. The topological polar surface area (TPSA) is 91.9 Å². The highest BCUT2D eigenvalue weighted by molar-refractivity contribution is 7.19. The van der Waals surface area contributed by atoms with Crippen LogP contribution in [0.2, 0.25) is 0 Å². The Balaban J connectivity index is 2.16. The fourth-order valence-electron chi connectivity index (χ4n) is 1.82. The largest absolute Gasteiger partial charge is 0.347 e. The number of carbonyl (C=O) groups excluding carboxylic acids is 1. The van der Waals surface area contributed by atoms with Crippen molar-refractivity contribution in [3.8, 4) is 12.3 Å². The normalized spacial score (nSPS) is 10.2. The number of fused-ring (bicyclic) bond motifs is 1. The van der Waals surface area contributed by atoms with Crippen molar-refractivity contribution in [2.75, 3.05) is 13.1 Å². The quantitative estimate of drug-likeness (QED) is 0.326. The van der Waals surface area contributed by atoms with Gasteiger partial charge < -0.3 is 11.1 Å². The minimum atomic E-state index is -0.480. The molecule has 120 valence electrons. The molecule has 0 fully saturated rings. The Kier molecular flexibility index (Phi) is 6.23. The van der Waals surface area contributed by atoms with E-state index in [4.69, 9.17) is 17.6 Å². The average molecular weight is 336 g/mol. The van der Waals surface area contributed by atoms with Gasteiger partial charge in [0.1, 0.15) is 10.7 Å². The number of para-hydroxylation sites is 1. The molecule has 1 amide bonds. The first-order valence-corrected chi connectivity index (χ1v) is 7.97. The SMILES string of the molecule is C#CC=C=C(/C=C\CNC(=O)C(=N)CN)c1nc2ccccc2s1. The van der Waals surface area contributed by atoms with Gasteiger partial charge in [-0.3, -0.25) is 10.2 Å². The number of aromatic nitrogens is 1. The summed E-state index contributed by atoms with van der Waals surface area (Å²) in [7, 11) is 0. The first kappa shape index (κ1) is 17.4. The zero-order valence-corrected chi connectivity index (χ0v) is 13.7. The van der Waals surface area contributed by atoms with Gasteiger partial charge in [0, 0.05) is 19.2 Å². The molecule has 1 aromatic carbocycles. The molecule has 0 spiro atoms. The second kappa shape index (κ2) is 8.61. The van der Waals surface area contributed by atoms with Crippen molar-refractivity contribution >= 4 is 38.7 Å². The van der Waals surface area contributed by atoms with Crippen molar-refractivity contribution in [2.45, 2.75) is 0 Å². The number of amides is 1. The van der Waals surface area contributed by atoms with E-state index >= 15 is 0 Å². The van der Waals surface area contributed by atoms with Gasteiger partial charge in [-0.2, -0.15) is 0 Å². The smallest absolute Gasteiger partial charge is 0.266 e. The molecule has 1 aromatic heterocycles. The van der Waals surface area contributed by atoms with Crippen LogP contribution in [-0.4, -0.2) is 29.7 Å². The Morgan fingerprint density at radius 1 is 1.46 bits per heavy atom. The van der Waals surface area contributed by atoms with Crippen LogP contribution >= 0.6 is 11.3 Å². The molecule has 0 atom stereocenters. The summed E-state index contributed by atoms with van der Waals surface area (Å²) in [4.78, 5) is 16.0. The molecule has 24 heavy (non-hydrogen) atoms. The Morgan fingerprint density at radius 3 is 2.96 bits per heavy atom. The van der Waals surface area contributed by atoms with E-state index < -0.39 is 5.91 Å². The van der Waals surface area contributed by atoms with Crippen LogP contribution in [0, 0.1) is 17.8 Å². The molecule has 2 aromatic rings. The summed E-state index contributed by atoms with van der Waals surface area (Å²) < 4.78 is 1.07. The summed E-state index contributed by atoms with van der Waals surface area (Å²) in [5, 5.41) is 10.7. The van der Waals surface area contributed by atoms with E-state index in [1.54, 1.807) is 23.5 Å². The fourth-order valence-corrected chi connectivity index (χ4v) is 2.77. The summed E-state index contributed by atoms with van der Waals surface area (Å²) >= 11 is 1.54. The van der Waals surface area contributed by atoms with Gasteiger partial charge in [0.05, 0.1) is 15.8 Å². The second-order valence-electron chi connectivity index (χ2n) is 4.65. The van der Waals surface area contributed by atoms with Crippen LogP contribution in [0.25, 0.3) is 15.8 Å². The third-order valence-corrected chi connectivity index (χ3v) is 4.05. The van der Waals surface area contributed by atoms with Gasteiger partial charge in [-0.05, 0) is 18.2 Å². The highest BCUT2D eigenvalue weighted by atomic mass is 32.1. The molecule has 0 aliphatic carbocycles. The summed E-state index contributed by atoms with van der Waals surface area (Å²) in [6.07, 6.45) is 10.3. The molecule has 0 bridgehead atoms. The molecular formula is C18H16N4OS. The Bertz CT molecular complexity index is 862. The minimum Gasteiger partial charge on any atom is -0.347 e. The number of carbonyl (C=O) groups is 1. The number of terminal acetylenes is 1. The summed E-state index contributed by atoms with van der Waals surface area (Å²) in [6.45, 7) is 0.185. The molecule has 0 unspecified atom stereocenters. The lowest BCUT2D eigenvalue weighted by Gasteiger charge is -2.01. The number of rotatable bonds is 6. The molecule has 0 aliphatic rings. The average Bonchev–Trinajstić information content (AvgIpc) is 3.04. The number of hydrogen-bond donors (Lipinski definition) is 3. The minimum absolute atomic E-state index is 0.0860. The van der Waals surface area contributed by atoms with Gasteiger partial charge in [-0.15, -0.1) is 23.5 Å². The number of benzene rings is 1. The van der Waals surface area contributed by atoms with Gasteiger partial charge in [0.15, 0.2) is 0 Å². The standard InChI is InChI=1S/C18H16N4OS/c1-2-3-7-13(8-6-11-21-17(23)14(20)12-19)18-22-15-9-4-5-10-16(15)24-18/h1,3-6,8-10,20H,11-12,19H2,(H,21,23)/b8-6-,20-14?. The van der Waals surface area contributed by atoms with Crippen LogP contribution in [0.1, 0.15) is 5.01 Å². The number of hydrogen-bond acceptors (Lipinski definition) is 5. The summed E-state index contributed by atoms with van der Waals surface area (Å²) in [6, 6.07) is 7.84. The zero-order chi connectivity index (χ0) is 17.4. The number of nitrogens with one attached hydrogen (secondary N) is 2. The van der Waals surface area contributed by atoms with E-state index in [2.05, 4.69) is 22.0 Å². The molecule has 2 rings (SSSR count). The van der Waals surface area contributed by atoms with Crippen molar-refractivity contribution in [2.24, 2.45) is 5.73 Å². The van der Waals surface area contributed by atoms with Gasteiger partial charge in [0.2, 0.25) is 0 Å². The molecular weight excluding hydrogens is 320 g/mol. The van der Waals surface area contributed by atoms with Crippen molar-refractivity contribution in [1.82, 2.24) is 10.3 Å². The van der Waals surface area contributed by atoms with Gasteiger partial charge >= 0.3 is 0 Å². The molecule has 0 saturated heterocycles. The fraction of sp³-hybridized carbons (Fsp3) is 0.111. The van der Waals surface area contributed by atoms with Crippen molar-refractivity contribution in [3.63, 3.8) is 0 Å². The molecule has 6 heteroatoms. The molecule has 0 radical (unpaired) electrons. The lowest BCUT2D eigenvalue weighted by atomic mass is 10.2. The highest BCUT2D eigenvalue weighted by Crippen LogP contribution is 2.27. The maximum Gasteiger partial charge on any atom is 0.266 e. The van der Waals surface area contributed by atoms with Crippen LogP contribution in [-0.2, 0) is 4.79 Å². The van der Waals surface area contributed by atoms with E-state index in [9.17, 15) is 4.79 Å². The van der Waals surface area contributed by atoms with Crippen molar-refractivity contribution < 1.29 is 4.79 Å². The van der Waals surface area contributed by atoms with Crippen LogP contribution in [0.4, 0.5) is 0 Å². The van der Waals surface area contributed by atoms with Crippen LogP contribution in [0.5, 0.6) is 0 Å². The van der Waals surface area contributed by atoms with Gasteiger partial charge in [-0.25, -0.2) is 4.98 Å². The zero-order valence-electron chi connectivity index (χ0n) is 12.9. The Hall–Kier alpha value is -2.97. The van der Waals surface area contributed by atoms with Crippen LogP contribution in [0.15, 0.2) is 48.2 Å². The predicted octanol–water partition coefficient (Wildman–Crippen LogP) is 2.12. The maximum atomic E-state index is 11.5. The first-order valence-electron chi connectivity index (χ1n) is 7.15. The molecule has 4 N–H and O–H groups in total. The third-order valence-electron chi connectivity index (χ3n) is 2.98. The molecule has 0 saturated carbocycles. The van der Waals surface area contributed by atoms with E-state index in [1.807, 2.05) is 24.3 Å². The van der Waals surface area contributed by atoms with Crippen molar-refractivity contribution in [3.05, 3.63) is 53.2 Å². The highest BCUT2D eigenvalue weighted by Gasteiger charge is 2.07. The number of nitrogens with two attached hydrogens (primary N) is 1. The summed E-state index contributed by atoms with van der Waals surface area (Å²) in [5.74, 6) is 1.93. The van der Waals surface area contributed by atoms with Crippen LogP contribution < -0.4 is 11.1 Å². The van der Waals surface area contributed by atoms with Crippen LogP contribution in [0.3, 0.4) is 0 Å². The van der Waals surface area contributed by atoms with E-state index in [-0.39, 0.29) is 18.8 Å². The summed E-state index contributed by atoms with van der Waals surface area (Å²) in [5.41, 5.74) is 9.75. The van der Waals surface area contributed by atoms with Gasteiger partial charge in [0.25, 0.3) is 5.91 Å². The Morgan fingerprint density at radius 2 is 2.25 bits per heavy atom. The number of nitrogens with zero attached hydrogens (tertiary/aromatic N) is 1. The molecule has 5 nitrogen and oxygen atoms in total. The molecule has 1 heterocycles.